The summed E-state index contributed by atoms with van der Waals surface area (Å²) < 4.78 is 0. The minimum absolute atomic E-state index is 0.475. The van der Waals surface area contributed by atoms with Crippen LogP contribution >= 0.6 is 0 Å². The third kappa shape index (κ3) is 2.36. The first kappa shape index (κ1) is 9.30. The molecule has 4 nitrogen and oxygen atoms in total. The summed E-state index contributed by atoms with van der Waals surface area (Å²) in [5, 5.41) is 11.1. The number of rotatable bonds is 2. The summed E-state index contributed by atoms with van der Waals surface area (Å²) in [5.41, 5.74) is 0. The van der Waals surface area contributed by atoms with Crippen molar-refractivity contribution < 1.29 is 0 Å². The first-order chi connectivity index (χ1) is 5.74. The second kappa shape index (κ2) is 4.29. The zero-order chi connectivity index (χ0) is 8.97. The van der Waals surface area contributed by atoms with Gasteiger partial charge in [0.2, 0.25) is 0 Å². The van der Waals surface area contributed by atoms with Crippen LogP contribution in [0, 0.1) is 11.5 Å². The van der Waals surface area contributed by atoms with Gasteiger partial charge in [-0.3, -0.25) is 4.90 Å². The summed E-state index contributed by atoms with van der Waals surface area (Å²) >= 11 is 0. The molecule has 1 heterocycles. The maximum Gasteiger partial charge on any atom is 0.176 e. The van der Waals surface area contributed by atoms with Crippen molar-refractivity contribution in [3.63, 3.8) is 0 Å². The highest BCUT2D eigenvalue weighted by Crippen LogP contribution is 2.04. The lowest BCUT2D eigenvalue weighted by Crippen LogP contribution is -2.53. The van der Waals surface area contributed by atoms with Gasteiger partial charge in [-0.1, -0.05) is 0 Å². The van der Waals surface area contributed by atoms with Gasteiger partial charge < -0.3 is 10.2 Å². The molecule has 0 radical (unpaired) electrons. The normalized spacial score (nSPS) is 26.6. The Bertz CT molecular complexity index is 174. The van der Waals surface area contributed by atoms with Crippen LogP contribution in [0.15, 0.2) is 0 Å². The number of hydrogen-bond donors (Lipinski definition) is 1. The Kier molecular flexibility index (Phi) is 3.32. The summed E-state index contributed by atoms with van der Waals surface area (Å²) in [6.07, 6.45) is 1.96. The fraction of sp³-hybridized carbons (Fsp3) is 0.875. The van der Waals surface area contributed by atoms with Crippen molar-refractivity contribution in [1.82, 2.24) is 15.1 Å². The molecule has 1 aliphatic rings. The van der Waals surface area contributed by atoms with Gasteiger partial charge in [0, 0.05) is 32.2 Å². The average Bonchev–Trinajstić information content (AvgIpc) is 2.07. The van der Waals surface area contributed by atoms with Crippen LogP contribution < -0.4 is 5.32 Å². The van der Waals surface area contributed by atoms with Crippen molar-refractivity contribution >= 4 is 0 Å². The molecule has 1 aliphatic heterocycles. The molecule has 0 amide bonds. The molecule has 0 aromatic heterocycles. The largest absolute Gasteiger partial charge is 0.322 e. The number of nitriles is 1. The molecule has 0 aliphatic carbocycles. The maximum atomic E-state index is 8.36. The lowest BCUT2D eigenvalue weighted by Gasteiger charge is -2.37. The van der Waals surface area contributed by atoms with Gasteiger partial charge in [0.05, 0.1) is 0 Å². The molecule has 68 valence electrons. The molecule has 0 aromatic rings. The van der Waals surface area contributed by atoms with Gasteiger partial charge in [-0.25, -0.2) is 0 Å². The molecular formula is C8H16N4. The van der Waals surface area contributed by atoms with Gasteiger partial charge >= 0.3 is 0 Å². The summed E-state index contributed by atoms with van der Waals surface area (Å²) in [5.74, 6) is 0. The minimum atomic E-state index is 0.475. The van der Waals surface area contributed by atoms with E-state index in [1.807, 2.05) is 6.19 Å². The molecule has 1 saturated heterocycles. The van der Waals surface area contributed by atoms with Crippen molar-refractivity contribution in [3.05, 3.63) is 0 Å². The third-order valence-electron chi connectivity index (χ3n) is 2.40. The maximum absolute atomic E-state index is 8.36. The summed E-state index contributed by atoms with van der Waals surface area (Å²) in [6, 6.07) is 0.475. The van der Waals surface area contributed by atoms with Crippen LogP contribution in [0.2, 0.25) is 0 Å². The van der Waals surface area contributed by atoms with Gasteiger partial charge in [0.1, 0.15) is 0 Å². The van der Waals surface area contributed by atoms with E-state index in [0.717, 1.165) is 26.2 Å². The van der Waals surface area contributed by atoms with Crippen molar-refractivity contribution in [2.75, 3.05) is 40.3 Å². The molecule has 0 bridgehead atoms. The zero-order valence-corrected chi connectivity index (χ0v) is 7.75. The van der Waals surface area contributed by atoms with Crippen LogP contribution in [-0.2, 0) is 0 Å². The van der Waals surface area contributed by atoms with Crippen LogP contribution in [0.4, 0.5) is 0 Å². The molecule has 1 N–H and O–H groups in total. The highest BCUT2D eigenvalue weighted by molar-refractivity contribution is 4.82. The number of piperazine rings is 1. The van der Waals surface area contributed by atoms with E-state index in [0.29, 0.717) is 6.04 Å². The molecule has 1 unspecified atom stereocenters. The zero-order valence-electron chi connectivity index (χ0n) is 7.75. The number of nitrogens with one attached hydrogen (secondary N) is 1. The lowest BCUT2D eigenvalue weighted by atomic mass is 10.2. The Morgan fingerprint density at radius 1 is 1.50 bits per heavy atom. The predicted octanol–water partition coefficient (Wildman–Crippen LogP) is -0.697. The molecule has 0 spiro atoms. The van der Waals surface area contributed by atoms with Crippen LogP contribution in [0.1, 0.15) is 0 Å². The van der Waals surface area contributed by atoms with Gasteiger partial charge in [-0.05, 0) is 14.1 Å². The molecule has 0 aromatic carbocycles. The summed E-state index contributed by atoms with van der Waals surface area (Å²) in [4.78, 5) is 4.59. The number of nitrogens with zero attached hydrogens (tertiary/aromatic N) is 3. The standard InChI is InChI=1S/C8H16N4/c1-11-3-4-12(2)8(6-11)5-10-7-9/h8,10H,3-6H2,1-2H3. The first-order valence-electron chi connectivity index (χ1n) is 4.24. The summed E-state index contributed by atoms with van der Waals surface area (Å²) in [6.45, 7) is 4.02. The quantitative estimate of drug-likeness (QED) is 0.437. The summed E-state index contributed by atoms with van der Waals surface area (Å²) in [7, 11) is 4.23. The minimum Gasteiger partial charge on any atom is -0.322 e. The van der Waals surface area contributed by atoms with Crippen LogP contribution in [-0.4, -0.2) is 56.1 Å². The van der Waals surface area contributed by atoms with E-state index in [1.165, 1.54) is 0 Å². The topological polar surface area (TPSA) is 42.3 Å². The van der Waals surface area contributed by atoms with Gasteiger partial charge in [0.25, 0.3) is 0 Å². The Morgan fingerprint density at radius 3 is 2.92 bits per heavy atom. The molecule has 1 atom stereocenters. The first-order valence-corrected chi connectivity index (χ1v) is 4.24. The molecule has 12 heavy (non-hydrogen) atoms. The highest BCUT2D eigenvalue weighted by atomic mass is 15.3. The fourth-order valence-corrected chi connectivity index (χ4v) is 1.49. The molecular weight excluding hydrogens is 152 g/mol. The molecule has 0 saturated carbocycles. The Labute approximate surface area is 73.8 Å². The van der Waals surface area contributed by atoms with Crippen LogP contribution in [0.3, 0.4) is 0 Å². The number of likely N-dealkylation sites (N-methyl/N-ethyl adjacent to an activating group) is 2. The lowest BCUT2D eigenvalue weighted by molar-refractivity contribution is 0.116. The van der Waals surface area contributed by atoms with E-state index in [-0.39, 0.29) is 0 Å². The Morgan fingerprint density at radius 2 is 2.25 bits per heavy atom. The highest BCUT2D eigenvalue weighted by Gasteiger charge is 2.21. The Balaban J connectivity index is 2.34. The monoisotopic (exact) mass is 168 g/mol. The van der Waals surface area contributed by atoms with Crippen molar-refractivity contribution in [1.29, 1.82) is 5.26 Å². The molecule has 4 heteroatoms. The number of hydrogen-bond acceptors (Lipinski definition) is 4. The average molecular weight is 168 g/mol. The smallest absolute Gasteiger partial charge is 0.176 e. The van der Waals surface area contributed by atoms with Gasteiger partial charge in [-0.15, -0.1) is 0 Å². The van der Waals surface area contributed by atoms with E-state index in [2.05, 4.69) is 29.2 Å². The molecule has 1 rings (SSSR count). The predicted molar refractivity (Wildman–Crippen MR) is 47.5 cm³/mol. The van der Waals surface area contributed by atoms with E-state index < -0.39 is 0 Å². The van der Waals surface area contributed by atoms with Gasteiger partial charge in [0.15, 0.2) is 6.19 Å². The van der Waals surface area contributed by atoms with E-state index in [9.17, 15) is 0 Å². The SMILES string of the molecule is CN1CCN(C)C(CNC#N)C1. The Hall–Kier alpha value is -0.790. The second-order valence-corrected chi connectivity index (χ2v) is 3.39. The van der Waals surface area contributed by atoms with Crippen molar-refractivity contribution in [2.45, 2.75) is 6.04 Å². The van der Waals surface area contributed by atoms with E-state index in [4.69, 9.17) is 5.26 Å². The third-order valence-corrected chi connectivity index (χ3v) is 2.40. The van der Waals surface area contributed by atoms with Crippen LogP contribution in [0.5, 0.6) is 0 Å². The van der Waals surface area contributed by atoms with E-state index >= 15 is 0 Å². The van der Waals surface area contributed by atoms with E-state index in [1.54, 1.807) is 0 Å². The fourth-order valence-electron chi connectivity index (χ4n) is 1.49. The second-order valence-electron chi connectivity index (χ2n) is 3.39. The van der Waals surface area contributed by atoms with Crippen molar-refractivity contribution in [2.24, 2.45) is 0 Å². The van der Waals surface area contributed by atoms with Crippen LogP contribution in [0.25, 0.3) is 0 Å². The van der Waals surface area contributed by atoms with Crippen molar-refractivity contribution in [3.8, 4) is 6.19 Å². The molecule has 1 fully saturated rings. The van der Waals surface area contributed by atoms with Gasteiger partial charge in [-0.2, -0.15) is 5.26 Å².